The van der Waals surface area contributed by atoms with Crippen LogP contribution in [0.5, 0.6) is 0 Å². The summed E-state index contributed by atoms with van der Waals surface area (Å²) >= 11 is 5.84. The number of fused-ring (bicyclic) bond motifs is 1. The van der Waals surface area contributed by atoms with E-state index >= 15 is 0 Å². The third-order valence-corrected chi connectivity index (χ3v) is 3.49. The number of rotatable bonds is 2. The van der Waals surface area contributed by atoms with Gasteiger partial charge >= 0.3 is 0 Å². The van der Waals surface area contributed by atoms with E-state index in [1.165, 1.54) is 0 Å². The first-order valence-electron chi connectivity index (χ1n) is 6.57. The van der Waals surface area contributed by atoms with Crippen molar-refractivity contribution in [3.63, 3.8) is 0 Å². The average Bonchev–Trinajstić information content (AvgIpc) is 2.82. The van der Waals surface area contributed by atoms with Gasteiger partial charge in [-0.15, -0.1) is 0 Å². The standard InChI is InChI=1S/C17H13ClN2O/c1-12-19-15-4-2-3-5-16(15)20(12)17(21)11-8-13-6-9-14(18)10-7-13/h2-11H,1H3. The van der Waals surface area contributed by atoms with Gasteiger partial charge in [0, 0.05) is 11.1 Å². The molecule has 21 heavy (non-hydrogen) atoms. The molecule has 0 N–H and O–H groups in total. The van der Waals surface area contributed by atoms with Crippen molar-refractivity contribution in [2.75, 3.05) is 0 Å². The van der Waals surface area contributed by atoms with Crippen molar-refractivity contribution in [1.29, 1.82) is 0 Å². The van der Waals surface area contributed by atoms with E-state index in [1.807, 2.05) is 43.3 Å². The van der Waals surface area contributed by atoms with Gasteiger partial charge < -0.3 is 0 Å². The van der Waals surface area contributed by atoms with E-state index in [9.17, 15) is 4.79 Å². The second kappa shape index (κ2) is 5.54. The smallest absolute Gasteiger partial charge is 0.256 e. The van der Waals surface area contributed by atoms with E-state index in [4.69, 9.17) is 11.6 Å². The maximum atomic E-state index is 12.4. The van der Waals surface area contributed by atoms with Crippen LogP contribution in [0.25, 0.3) is 17.1 Å². The molecule has 4 heteroatoms. The fourth-order valence-corrected chi connectivity index (χ4v) is 2.37. The maximum absolute atomic E-state index is 12.4. The van der Waals surface area contributed by atoms with Gasteiger partial charge in [0.25, 0.3) is 5.91 Å². The quantitative estimate of drug-likeness (QED) is 0.659. The Morgan fingerprint density at radius 2 is 1.86 bits per heavy atom. The van der Waals surface area contributed by atoms with Gasteiger partial charge in [-0.2, -0.15) is 0 Å². The van der Waals surface area contributed by atoms with Crippen molar-refractivity contribution in [3.8, 4) is 0 Å². The molecule has 0 amide bonds. The molecule has 0 spiro atoms. The summed E-state index contributed by atoms with van der Waals surface area (Å²) in [5, 5.41) is 0.676. The van der Waals surface area contributed by atoms with Crippen LogP contribution < -0.4 is 0 Å². The van der Waals surface area contributed by atoms with Gasteiger partial charge in [-0.1, -0.05) is 35.9 Å². The number of hydrogen-bond acceptors (Lipinski definition) is 2. The number of halogens is 1. The number of hydrogen-bond donors (Lipinski definition) is 0. The highest BCUT2D eigenvalue weighted by atomic mass is 35.5. The molecule has 0 unspecified atom stereocenters. The summed E-state index contributed by atoms with van der Waals surface area (Å²) in [5.74, 6) is 0.568. The second-order valence-corrected chi connectivity index (χ2v) is 5.14. The third-order valence-electron chi connectivity index (χ3n) is 3.24. The zero-order valence-corrected chi connectivity index (χ0v) is 12.2. The van der Waals surface area contributed by atoms with E-state index in [0.717, 1.165) is 16.6 Å². The molecular weight excluding hydrogens is 284 g/mol. The van der Waals surface area contributed by atoms with Crippen LogP contribution >= 0.6 is 11.6 Å². The van der Waals surface area contributed by atoms with Gasteiger partial charge in [0.2, 0.25) is 0 Å². The molecular formula is C17H13ClN2O. The lowest BCUT2D eigenvalue weighted by Crippen LogP contribution is -2.08. The lowest BCUT2D eigenvalue weighted by atomic mass is 10.2. The minimum Gasteiger partial charge on any atom is -0.269 e. The van der Waals surface area contributed by atoms with Crippen molar-refractivity contribution in [3.05, 3.63) is 71.0 Å². The number of nitrogens with zero attached hydrogens (tertiary/aromatic N) is 2. The minimum atomic E-state index is -0.115. The summed E-state index contributed by atoms with van der Waals surface area (Å²) in [5.41, 5.74) is 2.57. The molecule has 3 rings (SSSR count). The van der Waals surface area contributed by atoms with Crippen LogP contribution in [0.15, 0.2) is 54.6 Å². The van der Waals surface area contributed by atoms with Gasteiger partial charge in [0.1, 0.15) is 5.82 Å². The number of aryl methyl sites for hydroxylation is 1. The Morgan fingerprint density at radius 1 is 1.14 bits per heavy atom. The zero-order valence-electron chi connectivity index (χ0n) is 11.5. The molecule has 0 aliphatic carbocycles. The normalized spacial score (nSPS) is 11.3. The van der Waals surface area contributed by atoms with Crippen molar-refractivity contribution in [1.82, 2.24) is 9.55 Å². The molecule has 0 saturated carbocycles. The second-order valence-electron chi connectivity index (χ2n) is 4.71. The first-order valence-corrected chi connectivity index (χ1v) is 6.95. The first-order chi connectivity index (χ1) is 10.1. The highest BCUT2D eigenvalue weighted by Crippen LogP contribution is 2.16. The molecule has 0 bridgehead atoms. The highest BCUT2D eigenvalue weighted by Gasteiger charge is 2.10. The molecule has 3 nitrogen and oxygen atoms in total. The van der Waals surface area contributed by atoms with E-state index in [2.05, 4.69) is 4.98 Å². The Bertz CT molecular complexity index is 832. The van der Waals surface area contributed by atoms with Crippen LogP contribution in [0.2, 0.25) is 5.02 Å². The minimum absolute atomic E-state index is 0.115. The van der Waals surface area contributed by atoms with Crippen LogP contribution in [0.3, 0.4) is 0 Å². The summed E-state index contributed by atoms with van der Waals surface area (Å²) in [6, 6.07) is 14.9. The van der Waals surface area contributed by atoms with Gasteiger partial charge in [0.05, 0.1) is 11.0 Å². The predicted molar refractivity (Wildman–Crippen MR) is 85.6 cm³/mol. The van der Waals surface area contributed by atoms with Crippen molar-refractivity contribution >= 4 is 34.6 Å². The Hall–Kier alpha value is -2.39. The highest BCUT2D eigenvalue weighted by molar-refractivity contribution is 6.30. The number of benzene rings is 2. The summed E-state index contributed by atoms with van der Waals surface area (Å²) in [7, 11) is 0. The van der Waals surface area contributed by atoms with Crippen LogP contribution in [-0.2, 0) is 0 Å². The molecule has 104 valence electrons. The van der Waals surface area contributed by atoms with E-state index < -0.39 is 0 Å². The van der Waals surface area contributed by atoms with Gasteiger partial charge in [-0.05, 0) is 42.8 Å². The predicted octanol–water partition coefficient (Wildman–Crippen LogP) is 4.35. The van der Waals surface area contributed by atoms with E-state index in [-0.39, 0.29) is 5.91 Å². The van der Waals surface area contributed by atoms with Crippen molar-refractivity contribution in [2.45, 2.75) is 6.92 Å². The zero-order chi connectivity index (χ0) is 14.8. The fourth-order valence-electron chi connectivity index (χ4n) is 2.24. The summed E-state index contributed by atoms with van der Waals surface area (Å²) in [6.45, 7) is 1.83. The molecule has 1 heterocycles. The monoisotopic (exact) mass is 296 g/mol. The van der Waals surface area contributed by atoms with E-state index in [0.29, 0.717) is 10.8 Å². The molecule has 3 aromatic rings. The van der Waals surface area contributed by atoms with E-state index in [1.54, 1.807) is 28.9 Å². The molecule has 0 radical (unpaired) electrons. The lowest BCUT2D eigenvalue weighted by Gasteiger charge is -2.01. The molecule has 0 saturated heterocycles. The average molecular weight is 297 g/mol. The van der Waals surface area contributed by atoms with Crippen LogP contribution in [0.1, 0.15) is 16.2 Å². The molecule has 1 aromatic heterocycles. The van der Waals surface area contributed by atoms with Gasteiger partial charge in [-0.25, -0.2) is 4.98 Å². The Balaban J connectivity index is 1.94. The first kappa shape index (κ1) is 13.6. The Morgan fingerprint density at radius 3 is 2.62 bits per heavy atom. The van der Waals surface area contributed by atoms with Crippen LogP contribution in [0.4, 0.5) is 0 Å². The van der Waals surface area contributed by atoms with Crippen LogP contribution in [-0.4, -0.2) is 15.5 Å². The van der Waals surface area contributed by atoms with Crippen molar-refractivity contribution in [2.24, 2.45) is 0 Å². The number of para-hydroxylation sites is 2. The molecule has 0 fully saturated rings. The number of carbonyl (C=O) groups excluding carboxylic acids is 1. The molecule has 2 aromatic carbocycles. The topological polar surface area (TPSA) is 34.9 Å². The van der Waals surface area contributed by atoms with Gasteiger partial charge in [-0.3, -0.25) is 9.36 Å². The fraction of sp³-hybridized carbons (Fsp3) is 0.0588. The molecule has 0 aliphatic heterocycles. The largest absolute Gasteiger partial charge is 0.269 e. The lowest BCUT2D eigenvalue weighted by molar-refractivity contribution is 0.0972. The maximum Gasteiger partial charge on any atom is 0.256 e. The molecule has 0 aliphatic rings. The number of carbonyl (C=O) groups is 1. The van der Waals surface area contributed by atoms with Gasteiger partial charge in [0.15, 0.2) is 0 Å². The Labute approximate surface area is 127 Å². The number of allylic oxidation sites excluding steroid dienone is 1. The number of imidazole rings is 1. The SMILES string of the molecule is Cc1nc2ccccc2n1C(=O)C=Cc1ccc(Cl)cc1. The third kappa shape index (κ3) is 2.73. The summed E-state index contributed by atoms with van der Waals surface area (Å²) < 4.78 is 1.61. The number of aromatic nitrogens is 2. The van der Waals surface area contributed by atoms with Crippen molar-refractivity contribution < 1.29 is 4.79 Å². The summed E-state index contributed by atoms with van der Waals surface area (Å²) in [4.78, 5) is 16.8. The summed E-state index contributed by atoms with van der Waals surface area (Å²) in [6.07, 6.45) is 3.32. The molecule has 0 atom stereocenters. The van der Waals surface area contributed by atoms with Crippen LogP contribution in [0, 0.1) is 6.92 Å². The Kier molecular flexibility index (Phi) is 3.59.